The predicted molar refractivity (Wildman–Crippen MR) is 147 cm³/mol. The van der Waals surface area contributed by atoms with E-state index < -0.39 is 0 Å². The van der Waals surface area contributed by atoms with Crippen LogP contribution in [-0.2, 0) is 4.74 Å². The van der Waals surface area contributed by atoms with E-state index in [-0.39, 0.29) is 18.2 Å². The zero-order chi connectivity index (χ0) is 26.8. The monoisotopic (exact) mass is 507 g/mol. The first-order valence-electron chi connectivity index (χ1n) is 12.5. The van der Waals surface area contributed by atoms with Gasteiger partial charge in [0.2, 0.25) is 0 Å². The van der Waals surface area contributed by atoms with Crippen LogP contribution in [0.4, 0.5) is 10.6 Å². The van der Waals surface area contributed by atoms with E-state index in [1.54, 1.807) is 12.0 Å². The summed E-state index contributed by atoms with van der Waals surface area (Å²) in [5.74, 6) is 1.58. The van der Waals surface area contributed by atoms with E-state index in [0.717, 1.165) is 44.7 Å². The van der Waals surface area contributed by atoms with Gasteiger partial charge in [-0.15, -0.1) is 0 Å². The quantitative estimate of drug-likeness (QED) is 0.360. The SMILES string of the molecule is COC(=O)N1C(C)CN(c2ccc(-c3cnc4c(-c5ccc(C#N)cc5)cccc4c3OC)cn2)C[C@@H]1C. The van der Waals surface area contributed by atoms with Crippen molar-refractivity contribution in [2.24, 2.45) is 0 Å². The summed E-state index contributed by atoms with van der Waals surface area (Å²) in [6, 6.07) is 19.7. The fourth-order valence-electron chi connectivity index (χ4n) is 5.29. The lowest BCUT2D eigenvalue weighted by atomic mass is 9.98. The fourth-order valence-corrected chi connectivity index (χ4v) is 5.29. The molecule has 0 aliphatic carbocycles. The summed E-state index contributed by atoms with van der Waals surface area (Å²) >= 11 is 0. The van der Waals surface area contributed by atoms with Crippen molar-refractivity contribution in [3.63, 3.8) is 0 Å². The first-order valence-corrected chi connectivity index (χ1v) is 12.5. The van der Waals surface area contributed by atoms with Crippen molar-refractivity contribution >= 4 is 22.8 Å². The fraction of sp³-hybridized carbons (Fsp3) is 0.267. The van der Waals surface area contributed by atoms with Gasteiger partial charge in [-0.2, -0.15) is 5.26 Å². The van der Waals surface area contributed by atoms with E-state index in [1.165, 1.54) is 7.11 Å². The number of nitrogens with zero attached hydrogens (tertiary/aromatic N) is 5. The topological polar surface area (TPSA) is 91.6 Å². The average molecular weight is 508 g/mol. The molecular formula is C30H29N5O3. The molecule has 0 bridgehead atoms. The van der Waals surface area contributed by atoms with Crippen LogP contribution in [0.5, 0.6) is 5.75 Å². The number of nitriles is 1. The Morgan fingerprint density at radius 1 is 0.921 bits per heavy atom. The van der Waals surface area contributed by atoms with E-state index >= 15 is 0 Å². The lowest BCUT2D eigenvalue weighted by molar-refractivity contribution is 0.0818. The standard InChI is InChI=1S/C30H29N5O3/c1-19-17-34(18-20(2)35(19)30(36)38-4)27-13-12-23(15-32-27)26-16-33-28-24(6-5-7-25(28)29(26)37-3)22-10-8-21(14-31)9-11-22/h5-13,15-16,19-20H,17-18H2,1-4H3/t19-,20?/m0/s1. The molecule has 0 N–H and O–H groups in total. The summed E-state index contributed by atoms with van der Waals surface area (Å²) in [7, 11) is 3.08. The first kappa shape index (κ1) is 25.0. The van der Waals surface area contributed by atoms with Gasteiger partial charge in [0.25, 0.3) is 0 Å². The Morgan fingerprint density at radius 2 is 1.63 bits per heavy atom. The van der Waals surface area contributed by atoms with Crippen molar-refractivity contribution in [1.29, 1.82) is 5.26 Å². The zero-order valence-electron chi connectivity index (χ0n) is 21.9. The smallest absolute Gasteiger partial charge is 0.410 e. The molecule has 3 heterocycles. The Morgan fingerprint density at radius 3 is 2.24 bits per heavy atom. The predicted octanol–water partition coefficient (Wildman–Crippen LogP) is 5.51. The number of aromatic nitrogens is 2. The molecule has 8 heteroatoms. The number of fused-ring (bicyclic) bond motifs is 1. The van der Waals surface area contributed by atoms with Crippen LogP contribution in [0.3, 0.4) is 0 Å². The Bertz CT molecular complexity index is 1500. The summed E-state index contributed by atoms with van der Waals surface area (Å²) in [4.78, 5) is 25.7. The van der Waals surface area contributed by atoms with Crippen LogP contribution in [0, 0.1) is 11.3 Å². The average Bonchev–Trinajstić information content (AvgIpc) is 2.95. The third-order valence-electron chi connectivity index (χ3n) is 7.06. The van der Waals surface area contributed by atoms with Gasteiger partial charge in [-0.1, -0.05) is 24.3 Å². The molecule has 192 valence electrons. The maximum Gasteiger partial charge on any atom is 0.410 e. The molecule has 0 saturated carbocycles. The lowest BCUT2D eigenvalue weighted by Gasteiger charge is -2.43. The highest BCUT2D eigenvalue weighted by Crippen LogP contribution is 2.39. The Kier molecular flexibility index (Phi) is 6.84. The number of carbonyl (C=O) groups excluding carboxylic acids is 1. The molecule has 1 aliphatic rings. The lowest BCUT2D eigenvalue weighted by Crippen LogP contribution is -2.58. The van der Waals surface area contributed by atoms with Gasteiger partial charge in [0.1, 0.15) is 11.6 Å². The highest BCUT2D eigenvalue weighted by Gasteiger charge is 2.34. The molecule has 8 nitrogen and oxygen atoms in total. The minimum atomic E-state index is -0.300. The van der Waals surface area contributed by atoms with Crippen LogP contribution in [0.25, 0.3) is 33.2 Å². The molecule has 2 aromatic heterocycles. The second kappa shape index (κ2) is 10.4. The van der Waals surface area contributed by atoms with Crippen molar-refractivity contribution in [1.82, 2.24) is 14.9 Å². The van der Waals surface area contributed by atoms with Crippen LogP contribution in [0.1, 0.15) is 19.4 Å². The summed E-state index contributed by atoms with van der Waals surface area (Å²) in [6.45, 7) is 5.38. The van der Waals surface area contributed by atoms with Crippen molar-refractivity contribution in [2.75, 3.05) is 32.2 Å². The van der Waals surface area contributed by atoms with Gasteiger partial charge in [0, 0.05) is 47.6 Å². The van der Waals surface area contributed by atoms with E-state index in [9.17, 15) is 4.79 Å². The molecule has 38 heavy (non-hydrogen) atoms. The number of anilines is 1. The van der Waals surface area contributed by atoms with E-state index in [1.807, 2.05) is 80.8 Å². The highest BCUT2D eigenvalue weighted by atomic mass is 16.5. The summed E-state index contributed by atoms with van der Waals surface area (Å²) in [5, 5.41) is 10.0. The Hall–Kier alpha value is -4.64. The number of para-hydroxylation sites is 1. The van der Waals surface area contributed by atoms with Gasteiger partial charge >= 0.3 is 6.09 Å². The maximum atomic E-state index is 12.2. The van der Waals surface area contributed by atoms with Gasteiger partial charge in [0.05, 0.1) is 43.5 Å². The normalized spacial score (nSPS) is 17.2. The molecule has 1 saturated heterocycles. The first-order chi connectivity index (χ1) is 18.4. The molecule has 2 atom stereocenters. The number of hydrogen-bond donors (Lipinski definition) is 0. The number of rotatable bonds is 4. The van der Waals surface area contributed by atoms with Gasteiger partial charge in [-0.3, -0.25) is 9.88 Å². The molecule has 4 aromatic rings. The van der Waals surface area contributed by atoms with Crippen molar-refractivity contribution in [2.45, 2.75) is 25.9 Å². The molecule has 1 aliphatic heterocycles. The van der Waals surface area contributed by atoms with E-state index in [0.29, 0.717) is 18.7 Å². The van der Waals surface area contributed by atoms with E-state index in [4.69, 9.17) is 24.7 Å². The van der Waals surface area contributed by atoms with Crippen molar-refractivity contribution < 1.29 is 14.3 Å². The number of amides is 1. The number of benzene rings is 2. The van der Waals surface area contributed by atoms with Gasteiger partial charge < -0.3 is 14.4 Å². The van der Waals surface area contributed by atoms with Crippen molar-refractivity contribution in [3.8, 4) is 34.1 Å². The van der Waals surface area contributed by atoms with Crippen LogP contribution in [-0.4, -0.2) is 60.4 Å². The van der Waals surface area contributed by atoms with Crippen molar-refractivity contribution in [3.05, 3.63) is 72.6 Å². The maximum absolute atomic E-state index is 12.2. The van der Waals surface area contributed by atoms with Gasteiger partial charge in [-0.25, -0.2) is 9.78 Å². The highest BCUT2D eigenvalue weighted by molar-refractivity contribution is 6.00. The molecule has 0 radical (unpaired) electrons. The number of carbonyl (C=O) groups is 1. The molecule has 1 unspecified atom stereocenters. The Labute approximate surface area is 222 Å². The minimum absolute atomic E-state index is 0.00256. The minimum Gasteiger partial charge on any atom is -0.495 e. The van der Waals surface area contributed by atoms with Gasteiger partial charge in [-0.05, 0) is 49.7 Å². The summed E-state index contributed by atoms with van der Waals surface area (Å²) < 4.78 is 10.8. The molecule has 2 aromatic carbocycles. The molecule has 5 rings (SSSR count). The van der Waals surface area contributed by atoms with E-state index in [2.05, 4.69) is 11.0 Å². The summed E-state index contributed by atoms with van der Waals surface area (Å²) in [6.07, 6.45) is 3.36. The Balaban J connectivity index is 1.45. The van der Waals surface area contributed by atoms with Gasteiger partial charge in [0.15, 0.2) is 0 Å². The molecule has 1 amide bonds. The second-order valence-electron chi connectivity index (χ2n) is 9.48. The second-order valence-corrected chi connectivity index (χ2v) is 9.48. The number of ether oxygens (including phenoxy) is 2. The largest absolute Gasteiger partial charge is 0.495 e. The third-order valence-corrected chi connectivity index (χ3v) is 7.06. The zero-order valence-corrected chi connectivity index (χ0v) is 21.9. The van der Waals surface area contributed by atoms with Crippen LogP contribution < -0.4 is 9.64 Å². The number of methoxy groups -OCH3 is 2. The summed E-state index contributed by atoms with van der Waals surface area (Å²) in [5.41, 5.74) is 5.16. The number of hydrogen-bond acceptors (Lipinski definition) is 7. The molecule has 0 spiro atoms. The molecule has 1 fully saturated rings. The van der Waals surface area contributed by atoms with Crippen LogP contribution in [0.15, 0.2) is 67.0 Å². The molecular weight excluding hydrogens is 478 g/mol. The van der Waals surface area contributed by atoms with Crippen LogP contribution in [0.2, 0.25) is 0 Å². The van der Waals surface area contributed by atoms with Crippen LogP contribution >= 0.6 is 0 Å². The third kappa shape index (κ3) is 4.48. The number of piperazine rings is 1. The number of pyridine rings is 2.